The molecule has 1 aromatic carbocycles. The number of thiazole rings is 1. The van der Waals surface area contributed by atoms with E-state index in [2.05, 4.69) is 4.98 Å². The number of piperidine rings is 1. The molecule has 0 radical (unpaired) electrons. The standard InChI is InChI=1S/C18H22ClN3OS/c1-12(20)13-6-8-22(9-7-13)17(23)10-14-11-24-18(21-14)15-4-2-3-5-16(15)19/h2-5,11-13H,6-10,20H2,1H3. The monoisotopic (exact) mass is 363 g/mol. The molecule has 1 atom stereocenters. The number of halogens is 1. The molecule has 1 aromatic heterocycles. The average molecular weight is 364 g/mol. The predicted octanol–water partition coefficient (Wildman–Crippen LogP) is 3.59. The topological polar surface area (TPSA) is 59.2 Å². The average Bonchev–Trinajstić information content (AvgIpc) is 3.03. The van der Waals surface area contributed by atoms with Crippen LogP contribution < -0.4 is 5.73 Å². The maximum Gasteiger partial charge on any atom is 0.228 e. The third kappa shape index (κ3) is 3.97. The Kier molecular flexibility index (Phi) is 5.54. The molecule has 1 saturated heterocycles. The summed E-state index contributed by atoms with van der Waals surface area (Å²) in [6.07, 6.45) is 2.33. The maximum atomic E-state index is 12.5. The molecule has 1 aliphatic heterocycles. The molecular formula is C18H22ClN3OS. The van der Waals surface area contributed by atoms with E-state index in [1.54, 1.807) is 0 Å². The fourth-order valence-corrected chi connectivity index (χ4v) is 4.23. The van der Waals surface area contributed by atoms with E-state index in [4.69, 9.17) is 17.3 Å². The summed E-state index contributed by atoms with van der Waals surface area (Å²) < 4.78 is 0. The molecule has 128 valence electrons. The van der Waals surface area contributed by atoms with Gasteiger partial charge in [0.05, 0.1) is 17.1 Å². The molecule has 0 aliphatic carbocycles. The van der Waals surface area contributed by atoms with Gasteiger partial charge in [0.25, 0.3) is 0 Å². The van der Waals surface area contributed by atoms with Gasteiger partial charge in [-0.25, -0.2) is 4.98 Å². The van der Waals surface area contributed by atoms with Crippen LogP contribution in [0.5, 0.6) is 0 Å². The smallest absolute Gasteiger partial charge is 0.228 e. The van der Waals surface area contributed by atoms with Crippen LogP contribution in [0.3, 0.4) is 0 Å². The number of carbonyl (C=O) groups excluding carboxylic acids is 1. The van der Waals surface area contributed by atoms with E-state index >= 15 is 0 Å². The summed E-state index contributed by atoms with van der Waals surface area (Å²) >= 11 is 7.74. The molecule has 1 fully saturated rings. The molecule has 24 heavy (non-hydrogen) atoms. The number of hydrogen-bond donors (Lipinski definition) is 1. The van der Waals surface area contributed by atoms with Crippen LogP contribution in [0.2, 0.25) is 5.02 Å². The minimum atomic E-state index is 0.147. The first kappa shape index (κ1) is 17.4. The van der Waals surface area contributed by atoms with Gasteiger partial charge in [0.2, 0.25) is 5.91 Å². The Balaban J connectivity index is 1.61. The van der Waals surface area contributed by atoms with Crippen LogP contribution in [-0.2, 0) is 11.2 Å². The summed E-state index contributed by atoms with van der Waals surface area (Å²) in [6, 6.07) is 7.85. The molecule has 1 unspecified atom stereocenters. The highest BCUT2D eigenvalue weighted by Crippen LogP contribution is 2.30. The van der Waals surface area contributed by atoms with E-state index in [1.807, 2.05) is 41.5 Å². The summed E-state index contributed by atoms with van der Waals surface area (Å²) in [6.45, 7) is 3.65. The van der Waals surface area contributed by atoms with E-state index < -0.39 is 0 Å². The zero-order chi connectivity index (χ0) is 17.1. The zero-order valence-corrected chi connectivity index (χ0v) is 15.3. The van der Waals surface area contributed by atoms with Crippen LogP contribution in [0.1, 0.15) is 25.5 Å². The molecule has 1 aliphatic rings. The zero-order valence-electron chi connectivity index (χ0n) is 13.7. The van der Waals surface area contributed by atoms with Crippen molar-refractivity contribution >= 4 is 28.8 Å². The van der Waals surface area contributed by atoms with Gasteiger partial charge < -0.3 is 10.6 Å². The molecule has 4 nitrogen and oxygen atoms in total. The highest BCUT2D eigenvalue weighted by molar-refractivity contribution is 7.13. The number of nitrogens with two attached hydrogens (primary N) is 1. The predicted molar refractivity (Wildman–Crippen MR) is 99.2 cm³/mol. The van der Waals surface area contributed by atoms with Crippen molar-refractivity contribution in [3.63, 3.8) is 0 Å². The fraction of sp³-hybridized carbons (Fsp3) is 0.444. The van der Waals surface area contributed by atoms with Gasteiger partial charge in [0.15, 0.2) is 0 Å². The van der Waals surface area contributed by atoms with Gasteiger partial charge in [0, 0.05) is 30.1 Å². The lowest BCUT2D eigenvalue weighted by Crippen LogP contribution is -2.43. The minimum absolute atomic E-state index is 0.147. The number of amides is 1. The Morgan fingerprint density at radius 1 is 1.42 bits per heavy atom. The highest BCUT2D eigenvalue weighted by atomic mass is 35.5. The molecule has 0 saturated carbocycles. The first-order valence-electron chi connectivity index (χ1n) is 8.27. The van der Waals surface area contributed by atoms with Crippen LogP contribution in [-0.4, -0.2) is 34.9 Å². The van der Waals surface area contributed by atoms with Crippen molar-refractivity contribution in [3.05, 3.63) is 40.4 Å². The molecular weight excluding hydrogens is 342 g/mol. The van der Waals surface area contributed by atoms with Crippen LogP contribution in [0, 0.1) is 5.92 Å². The van der Waals surface area contributed by atoms with Crippen LogP contribution in [0.4, 0.5) is 0 Å². The van der Waals surface area contributed by atoms with Crippen molar-refractivity contribution in [2.45, 2.75) is 32.2 Å². The second-order valence-corrected chi connectivity index (χ2v) is 7.64. The Hall–Kier alpha value is -1.43. The second-order valence-electron chi connectivity index (χ2n) is 6.38. The number of rotatable bonds is 4. The van der Waals surface area contributed by atoms with Gasteiger partial charge >= 0.3 is 0 Å². The van der Waals surface area contributed by atoms with Crippen molar-refractivity contribution in [2.75, 3.05) is 13.1 Å². The summed E-state index contributed by atoms with van der Waals surface area (Å²) in [7, 11) is 0. The van der Waals surface area contributed by atoms with Gasteiger partial charge in [-0.3, -0.25) is 4.79 Å². The molecule has 3 rings (SSSR count). The van der Waals surface area contributed by atoms with E-state index in [-0.39, 0.29) is 11.9 Å². The largest absolute Gasteiger partial charge is 0.342 e. The van der Waals surface area contributed by atoms with E-state index in [9.17, 15) is 4.79 Å². The Labute approximate surface area is 151 Å². The maximum absolute atomic E-state index is 12.5. The third-order valence-corrected chi connectivity index (χ3v) is 5.88. The quantitative estimate of drug-likeness (QED) is 0.902. The Morgan fingerprint density at radius 3 is 2.79 bits per heavy atom. The van der Waals surface area contributed by atoms with Gasteiger partial charge in [-0.1, -0.05) is 29.8 Å². The number of likely N-dealkylation sites (tertiary alicyclic amines) is 1. The van der Waals surface area contributed by atoms with Crippen molar-refractivity contribution < 1.29 is 4.79 Å². The lowest BCUT2D eigenvalue weighted by atomic mass is 9.91. The normalized spacial score (nSPS) is 17.0. The van der Waals surface area contributed by atoms with Gasteiger partial charge in [-0.2, -0.15) is 0 Å². The lowest BCUT2D eigenvalue weighted by molar-refractivity contribution is -0.132. The number of benzene rings is 1. The van der Waals surface area contributed by atoms with Crippen LogP contribution in [0.15, 0.2) is 29.6 Å². The number of carbonyl (C=O) groups is 1. The number of nitrogens with zero attached hydrogens (tertiary/aromatic N) is 2. The second kappa shape index (κ2) is 7.64. The van der Waals surface area contributed by atoms with Crippen molar-refractivity contribution in [1.82, 2.24) is 9.88 Å². The lowest BCUT2D eigenvalue weighted by Gasteiger charge is -2.33. The molecule has 0 bridgehead atoms. The molecule has 2 N–H and O–H groups in total. The molecule has 6 heteroatoms. The summed E-state index contributed by atoms with van der Waals surface area (Å²) in [4.78, 5) is 19.0. The highest BCUT2D eigenvalue weighted by Gasteiger charge is 2.25. The Morgan fingerprint density at radius 2 is 2.12 bits per heavy atom. The van der Waals surface area contributed by atoms with E-state index in [0.29, 0.717) is 17.4 Å². The summed E-state index contributed by atoms with van der Waals surface area (Å²) in [5, 5.41) is 3.49. The minimum Gasteiger partial charge on any atom is -0.342 e. The number of hydrogen-bond acceptors (Lipinski definition) is 4. The van der Waals surface area contributed by atoms with Gasteiger partial charge in [-0.15, -0.1) is 11.3 Å². The van der Waals surface area contributed by atoms with Crippen molar-refractivity contribution in [1.29, 1.82) is 0 Å². The van der Waals surface area contributed by atoms with Crippen molar-refractivity contribution in [3.8, 4) is 10.6 Å². The molecule has 2 heterocycles. The summed E-state index contributed by atoms with van der Waals surface area (Å²) in [5.74, 6) is 0.675. The van der Waals surface area contributed by atoms with Gasteiger partial charge in [0.1, 0.15) is 5.01 Å². The first-order valence-corrected chi connectivity index (χ1v) is 9.53. The van der Waals surface area contributed by atoms with Crippen molar-refractivity contribution in [2.24, 2.45) is 11.7 Å². The SMILES string of the molecule is CC(N)C1CCN(C(=O)Cc2csc(-c3ccccc3Cl)n2)CC1. The van der Waals surface area contributed by atoms with E-state index in [0.717, 1.165) is 42.2 Å². The molecule has 2 aromatic rings. The first-order chi connectivity index (χ1) is 11.5. The van der Waals surface area contributed by atoms with Gasteiger partial charge in [-0.05, 0) is 31.7 Å². The molecule has 1 amide bonds. The Bertz CT molecular complexity index is 708. The summed E-state index contributed by atoms with van der Waals surface area (Å²) in [5.41, 5.74) is 7.69. The van der Waals surface area contributed by atoms with Crippen LogP contribution >= 0.6 is 22.9 Å². The fourth-order valence-electron chi connectivity index (χ4n) is 3.09. The molecule has 0 spiro atoms. The number of aromatic nitrogens is 1. The van der Waals surface area contributed by atoms with E-state index in [1.165, 1.54) is 11.3 Å². The van der Waals surface area contributed by atoms with Crippen LogP contribution in [0.25, 0.3) is 10.6 Å². The third-order valence-electron chi connectivity index (χ3n) is 4.62.